The van der Waals surface area contributed by atoms with Crippen LogP contribution < -0.4 is 5.32 Å². The first-order valence-corrected chi connectivity index (χ1v) is 8.32. The van der Waals surface area contributed by atoms with Crippen LogP contribution in [0.15, 0.2) is 29.2 Å². The first-order valence-electron chi connectivity index (χ1n) is 6.88. The second-order valence-corrected chi connectivity index (χ2v) is 7.52. The van der Waals surface area contributed by atoms with Crippen LogP contribution in [-0.4, -0.2) is 63.3 Å². The fraction of sp³-hybridized carbons (Fsp3) is 0.500. The van der Waals surface area contributed by atoms with Gasteiger partial charge < -0.3 is 10.2 Å². The van der Waals surface area contributed by atoms with Crippen LogP contribution in [0.4, 0.5) is 0 Å². The van der Waals surface area contributed by atoms with Gasteiger partial charge in [-0.3, -0.25) is 4.79 Å². The van der Waals surface area contributed by atoms with Crippen molar-refractivity contribution < 1.29 is 13.2 Å². The lowest BCUT2D eigenvalue weighted by molar-refractivity contribution is 0.0655. The molecule has 0 spiro atoms. The summed E-state index contributed by atoms with van der Waals surface area (Å²) in [5.74, 6) is -0.125. The zero-order valence-electron chi connectivity index (χ0n) is 12.9. The fourth-order valence-corrected chi connectivity index (χ4v) is 3.26. The van der Waals surface area contributed by atoms with Gasteiger partial charge in [-0.1, -0.05) is 6.07 Å². The van der Waals surface area contributed by atoms with Gasteiger partial charge in [0.1, 0.15) is 0 Å². The molecule has 0 aliphatic carbocycles. The third-order valence-electron chi connectivity index (χ3n) is 3.62. The average Bonchev–Trinajstić information content (AvgIpc) is 2.47. The average molecular weight is 348 g/mol. The molecule has 1 aromatic carbocycles. The zero-order chi connectivity index (χ0) is 15.6. The van der Waals surface area contributed by atoms with Gasteiger partial charge in [0.2, 0.25) is 10.0 Å². The molecule has 22 heavy (non-hydrogen) atoms. The van der Waals surface area contributed by atoms with Crippen molar-refractivity contribution in [2.75, 3.05) is 33.7 Å². The number of hydrogen-bond donors (Lipinski definition) is 1. The third-order valence-corrected chi connectivity index (χ3v) is 5.43. The molecule has 0 unspecified atom stereocenters. The Morgan fingerprint density at radius 3 is 2.64 bits per heavy atom. The second kappa shape index (κ2) is 7.41. The lowest BCUT2D eigenvalue weighted by Crippen LogP contribution is -2.52. The summed E-state index contributed by atoms with van der Waals surface area (Å²) < 4.78 is 25.4. The number of nitrogens with zero attached hydrogens (tertiary/aromatic N) is 2. The smallest absolute Gasteiger partial charge is 0.254 e. The number of carbonyl (C=O) groups is 1. The summed E-state index contributed by atoms with van der Waals surface area (Å²) in [6, 6.07) is 6.32. The molecule has 0 saturated carbocycles. The normalized spacial score (nSPS) is 18.9. The molecule has 1 N–H and O–H groups in total. The summed E-state index contributed by atoms with van der Waals surface area (Å²) in [4.78, 5) is 14.5. The second-order valence-electron chi connectivity index (χ2n) is 5.37. The van der Waals surface area contributed by atoms with Crippen molar-refractivity contribution in [3.05, 3.63) is 29.8 Å². The monoisotopic (exact) mass is 347 g/mol. The standard InChI is InChI=1S/C14H21N3O3S.ClH/c1-11-10-15-7-8-17(11)14(18)12-5-4-6-13(9-12)21(19,20)16(2)3;/h4-6,9,11,15H,7-8,10H2,1-3H3;1H/t11-;/m0./s1. The molecule has 1 amide bonds. The number of sulfonamides is 1. The number of piperazine rings is 1. The maximum Gasteiger partial charge on any atom is 0.254 e. The van der Waals surface area contributed by atoms with Crippen LogP contribution >= 0.6 is 12.4 Å². The van der Waals surface area contributed by atoms with E-state index in [1.165, 1.54) is 26.2 Å². The van der Waals surface area contributed by atoms with Crippen LogP contribution in [0.5, 0.6) is 0 Å². The lowest BCUT2D eigenvalue weighted by atomic mass is 10.1. The van der Waals surface area contributed by atoms with E-state index in [1.807, 2.05) is 6.92 Å². The minimum Gasteiger partial charge on any atom is -0.333 e. The quantitative estimate of drug-likeness (QED) is 0.877. The molecule has 1 aliphatic heterocycles. The van der Waals surface area contributed by atoms with Gasteiger partial charge in [-0.05, 0) is 25.1 Å². The van der Waals surface area contributed by atoms with Crippen molar-refractivity contribution in [1.82, 2.24) is 14.5 Å². The summed E-state index contributed by atoms with van der Waals surface area (Å²) >= 11 is 0. The van der Waals surface area contributed by atoms with Crippen LogP contribution in [0.3, 0.4) is 0 Å². The van der Waals surface area contributed by atoms with Crippen molar-refractivity contribution in [3.8, 4) is 0 Å². The zero-order valence-corrected chi connectivity index (χ0v) is 14.6. The fourth-order valence-electron chi connectivity index (χ4n) is 2.31. The van der Waals surface area contributed by atoms with Gasteiger partial charge in [0.15, 0.2) is 0 Å². The van der Waals surface area contributed by atoms with E-state index >= 15 is 0 Å². The highest BCUT2D eigenvalue weighted by Crippen LogP contribution is 2.17. The van der Waals surface area contributed by atoms with Gasteiger partial charge >= 0.3 is 0 Å². The van der Waals surface area contributed by atoms with Crippen LogP contribution in [0.1, 0.15) is 17.3 Å². The van der Waals surface area contributed by atoms with Gasteiger partial charge in [0.25, 0.3) is 5.91 Å². The minimum absolute atomic E-state index is 0. The van der Waals surface area contributed by atoms with E-state index in [-0.39, 0.29) is 29.3 Å². The van der Waals surface area contributed by atoms with E-state index in [1.54, 1.807) is 17.0 Å². The molecular weight excluding hydrogens is 326 g/mol. The Bertz CT molecular complexity index is 634. The van der Waals surface area contributed by atoms with Gasteiger partial charge in [0.05, 0.1) is 4.90 Å². The van der Waals surface area contributed by atoms with E-state index in [0.29, 0.717) is 12.1 Å². The summed E-state index contributed by atoms with van der Waals surface area (Å²) in [6.45, 7) is 4.11. The highest BCUT2D eigenvalue weighted by molar-refractivity contribution is 7.89. The molecule has 1 fully saturated rings. The van der Waals surface area contributed by atoms with Crippen molar-refractivity contribution in [2.24, 2.45) is 0 Å². The number of rotatable bonds is 3. The molecule has 0 aromatic heterocycles. The maximum atomic E-state index is 12.5. The van der Waals surface area contributed by atoms with Crippen LogP contribution in [0.25, 0.3) is 0 Å². The number of carbonyl (C=O) groups excluding carboxylic acids is 1. The van der Waals surface area contributed by atoms with E-state index in [0.717, 1.165) is 17.4 Å². The highest BCUT2D eigenvalue weighted by Gasteiger charge is 2.25. The molecule has 0 bridgehead atoms. The lowest BCUT2D eigenvalue weighted by Gasteiger charge is -2.34. The maximum absolute atomic E-state index is 12.5. The molecule has 0 radical (unpaired) electrons. The topological polar surface area (TPSA) is 69.7 Å². The van der Waals surface area contributed by atoms with Crippen LogP contribution in [0, 0.1) is 0 Å². The van der Waals surface area contributed by atoms with Crippen LogP contribution in [-0.2, 0) is 10.0 Å². The van der Waals surface area contributed by atoms with Crippen molar-refractivity contribution in [1.29, 1.82) is 0 Å². The first-order chi connectivity index (χ1) is 9.84. The van der Waals surface area contributed by atoms with Gasteiger partial charge in [-0.2, -0.15) is 0 Å². The van der Waals surface area contributed by atoms with Crippen LogP contribution in [0.2, 0.25) is 0 Å². The predicted molar refractivity (Wildman–Crippen MR) is 87.9 cm³/mol. The number of amides is 1. The van der Waals surface area contributed by atoms with Crippen molar-refractivity contribution >= 4 is 28.3 Å². The predicted octanol–water partition coefficient (Wildman–Crippen LogP) is 0.793. The number of benzene rings is 1. The highest BCUT2D eigenvalue weighted by atomic mass is 35.5. The molecule has 1 aromatic rings. The van der Waals surface area contributed by atoms with Gasteiger partial charge in [-0.15, -0.1) is 12.4 Å². The summed E-state index contributed by atoms with van der Waals surface area (Å²) in [7, 11) is -0.578. The van der Waals surface area contributed by atoms with E-state index in [4.69, 9.17) is 0 Å². The Morgan fingerprint density at radius 1 is 1.36 bits per heavy atom. The third kappa shape index (κ3) is 3.78. The largest absolute Gasteiger partial charge is 0.333 e. The summed E-state index contributed by atoms with van der Waals surface area (Å²) in [6.07, 6.45) is 0. The minimum atomic E-state index is -3.53. The first kappa shape index (κ1) is 18.9. The number of halogens is 1. The summed E-state index contributed by atoms with van der Waals surface area (Å²) in [5, 5.41) is 3.22. The van der Waals surface area contributed by atoms with Gasteiger partial charge in [0, 0.05) is 45.3 Å². The van der Waals surface area contributed by atoms with Crippen molar-refractivity contribution in [2.45, 2.75) is 17.9 Å². The van der Waals surface area contributed by atoms with Crippen molar-refractivity contribution in [3.63, 3.8) is 0 Å². The van der Waals surface area contributed by atoms with E-state index in [2.05, 4.69) is 5.32 Å². The Hall–Kier alpha value is -1.15. The molecule has 6 nitrogen and oxygen atoms in total. The molecule has 2 rings (SSSR count). The van der Waals surface area contributed by atoms with E-state index in [9.17, 15) is 13.2 Å². The number of nitrogens with one attached hydrogen (secondary N) is 1. The molecule has 1 heterocycles. The Morgan fingerprint density at radius 2 is 2.05 bits per heavy atom. The van der Waals surface area contributed by atoms with E-state index < -0.39 is 10.0 Å². The Labute approximate surface area is 137 Å². The molecule has 1 aliphatic rings. The molecule has 8 heteroatoms. The van der Waals surface area contributed by atoms with Gasteiger partial charge in [-0.25, -0.2) is 12.7 Å². The molecule has 1 atom stereocenters. The molecular formula is C14H22ClN3O3S. The Balaban J connectivity index is 0.00000242. The number of hydrogen-bond acceptors (Lipinski definition) is 4. The SMILES string of the molecule is C[C@H]1CNCCN1C(=O)c1cccc(S(=O)(=O)N(C)C)c1.Cl. The molecule has 124 valence electrons. The summed E-state index contributed by atoms with van der Waals surface area (Å²) in [5.41, 5.74) is 0.409. The Kier molecular flexibility index (Phi) is 6.37. The molecule has 1 saturated heterocycles.